The number of likely N-dealkylation sites (tertiary alicyclic amines) is 1. The van der Waals surface area contributed by atoms with Crippen molar-refractivity contribution in [2.75, 3.05) is 25.0 Å². The molecule has 0 radical (unpaired) electrons. The molecule has 108 valence electrons. The zero-order valence-electron chi connectivity index (χ0n) is 11.8. The predicted octanol–water partition coefficient (Wildman–Crippen LogP) is 1.59. The van der Waals surface area contributed by atoms with Crippen LogP contribution in [0, 0.1) is 18.8 Å². The van der Waals surface area contributed by atoms with Crippen molar-refractivity contribution in [3.63, 3.8) is 0 Å². The van der Waals surface area contributed by atoms with E-state index in [2.05, 4.69) is 5.32 Å². The molecule has 5 nitrogen and oxygen atoms in total. The lowest BCUT2D eigenvalue weighted by Crippen LogP contribution is -2.32. The molecule has 1 heterocycles. The highest BCUT2D eigenvalue weighted by molar-refractivity contribution is 5.92. The van der Waals surface area contributed by atoms with Crippen LogP contribution in [-0.4, -0.2) is 41.5 Å². The number of amides is 1. The number of aliphatic carboxylic acids is 1. The summed E-state index contributed by atoms with van der Waals surface area (Å²) in [5, 5.41) is 11.9. The van der Waals surface area contributed by atoms with E-state index in [1.54, 1.807) is 0 Å². The van der Waals surface area contributed by atoms with E-state index >= 15 is 0 Å². The minimum atomic E-state index is -0.779. The molecule has 0 aromatic heterocycles. The van der Waals surface area contributed by atoms with Crippen molar-refractivity contribution in [2.45, 2.75) is 13.8 Å². The maximum absolute atomic E-state index is 11.9. The zero-order chi connectivity index (χ0) is 14.7. The van der Waals surface area contributed by atoms with Gasteiger partial charge in [-0.2, -0.15) is 0 Å². The summed E-state index contributed by atoms with van der Waals surface area (Å²) in [6, 6.07) is 7.60. The van der Waals surface area contributed by atoms with Gasteiger partial charge in [-0.05, 0) is 25.0 Å². The van der Waals surface area contributed by atoms with Gasteiger partial charge in [0.1, 0.15) is 0 Å². The molecule has 20 heavy (non-hydrogen) atoms. The fourth-order valence-corrected chi connectivity index (χ4v) is 2.56. The average molecular weight is 276 g/mol. The molecule has 1 aliphatic heterocycles. The van der Waals surface area contributed by atoms with E-state index in [-0.39, 0.29) is 24.3 Å². The minimum absolute atomic E-state index is 0.0830. The van der Waals surface area contributed by atoms with E-state index in [1.165, 1.54) is 0 Å². The van der Waals surface area contributed by atoms with E-state index < -0.39 is 5.97 Å². The standard InChI is InChI=1S/C15H20N2O3/c1-10-3-5-12(6-4-10)16-14(18)9-17-7-11(2)13(8-17)15(19)20/h3-6,11,13H,7-9H2,1-2H3,(H,16,18)(H,19,20)/t11-,13-/m1/s1. The van der Waals surface area contributed by atoms with Crippen LogP contribution >= 0.6 is 0 Å². The summed E-state index contributed by atoms with van der Waals surface area (Å²) in [7, 11) is 0. The monoisotopic (exact) mass is 276 g/mol. The van der Waals surface area contributed by atoms with Gasteiger partial charge in [-0.3, -0.25) is 14.5 Å². The highest BCUT2D eigenvalue weighted by Crippen LogP contribution is 2.22. The highest BCUT2D eigenvalue weighted by atomic mass is 16.4. The predicted molar refractivity (Wildman–Crippen MR) is 76.5 cm³/mol. The highest BCUT2D eigenvalue weighted by Gasteiger charge is 2.35. The number of hydrogen-bond acceptors (Lipinski definition) is 3. The summed E-state index contributed by atoms with van der Waals surface area (Å²) in [6.45, 7) is 5.23. The molecular formula is C15H20N2O3. The Bertz CT molecular complexity index is 498. The van der Waals surface area contributed by atoms with E-state index in [4.69, 9.17) is 5.11 Å². The van der Waals surface area contributed by atoms with Gasteiger partial charge in [-0.15, -0.1) is 0 Å². The number of carboxylic acids is 1. The van der Waals surface area contributed by atoms with Crippen molar-refractivity contribution in [3.05, 3.63) is 29.8 Å². The molecule has 2 N–H and O–H groups in total. The number of aryl methyl sites for hydroxylation is 1. The molecule has 0 aliphatic carbocycles. The number of hydrogen-bond donors (Lipinski definition) is 2. The molecular weight excluding hydrogens is 256 g/mol. The SMILES string of the molecule is Cc1ccc(NC(=O)CN2C[C@@H](C)[C@H](C(=O)O)C2)cc1. The third-order valence-electron chi connectivity index (χ3n) is 3.71. The molecule has 1 saturated heterocycles. The lowest BCUT2D eigenvalue weighted by molar-refractivity contribution is -0.142. The molecule has 2 rings (SSSR count). The topological polar surface area (TPSA) is 69.6 Å². The molecule has 1 aromatic carbocycles. The Hall–Kier alpha value is -1.88. The fourth-order valence-electron chi connectivity index (χ4n) is 2.56. The van der Waals surface area contributed by atoms with Gasteiger partial charge in [0.15, 0.2) is 0 Å². The third kappa shape index (κ3) is 3.57. The van der Waals surface area contributed by atoms with Crippen LogP contribution in [0.5, 0.6) is 0 Å². The molecule has 2 atom stereocenters. The van der Waals surface area contributed by atoms with Crippen LogP contribution in [-0.2, 0) is 9.59 Å². The number of carbonyl (C=O) groups excluding carboxylic acids is 1. The van der Waals surface area contributed by atoms with Crippen LogP contribution in [0.25, 0.3) is 0 Å². The van der Waals surface area contributed by atoms with E-state index in [0.717, 1.165) is 11.3 Å². The van der Waals surface area contributed by atoms with E-state index in [9.17, 15) is 9.59 Å². The summed E-state index contributed by atoms with van der Waals surface area (Å²) in [4.78, 5) is 24.9. The summed E-state index contributed by atoms with van der Waals surface area (Å²) in [5.41, 5.74) is 1.91. The molecule has 1 aromatic rings. The lowest BCUT2D eigenvalue weighted by Gasteiger charge is -2.14. The second-order valence-electron chi connectivity index (χ2n) is 5.53. The fraction of sp³-hybridized carbons (Fsp3) is 0.467. The molecule has 5 heteroatoms. The number of benzene rings is 1. The first-order chi connectivity index (χ1) is 9.45. The molecule has 0 unspecified atom stereocenters. The molecule has 1 fully saturated rings. The quantitative estimate of drug-likeness (QED) is 0.876. The first-order valence-corrected chi connectivity index (χ1v) is 6.77. The van der Waals surface area contributed by atoms with Gasteiger partial charge in [0.25, 0.3) is 0 Å². The Morgan fingerprint density at radius 2 is 1.95 bits per heavy atom. The molecule has 1 amide bonds. The summed E-state index contributed by atoms with van der Waals surface area (Å²) < 4.78 is 0. The largest absolute Gasteiger partial charge is 0.481 e. The van der Waals surface area contributed by atoms with Crippen molar-refractivity contribution in [3.8, 4) is 0 Å². The van der Waals surface area contributed by atoms with Crippen LogP contribution in [0.15, 0.2) is 24.3 Å². The minimum Gasteiger partial charge on any atom is -0.481 e. The molecule has 1 aliphatic rings. The van der Waals surface area contributed by atoms with Crippen LogP contribution in [0.2, 0.25) is 0 Å². The van der Waals surface area contributed by atoms with Crippen LogP contribution in [0.1, 0.15) is 12.5 Å². The van der Waals surface area contributed by atoms with Gasteiger partial charge in [0, 0.05) is 18.8 Å². The smallest absolute Gasteiger partial charge is 0.308 e. The molecule has 0 bridgehead atoms. The van der Waals surface area contributed by atoms with Crippen LogP contribution in [0.3, 0.4) is 0 Å². The normalized spacial score (nSPS) is 22.7. The van der Waals surface area contributed by atoms with Gasteiger partial charge < -0.3 is 10.4 Å². The third-order valence-corrected chi connectivity index (χ3v) is 3.71. The Morgan fingerprint density at radius 1 is 1.30 bits per heavy atom. The molecule has 0 saturated carbocycles. The van der Waals surface area contributed by atoms with Crippen molar-refractivity contribution in [2.24, 2.45) is 11.8 Å². The molecule has 0 spiro atoms. The maximum Gasteiger partial charge on any atom is 0.308 e. The van der Waals surface area contributed by atoms with Gasteiger partial charge in [0.2, 0.25) is 5.91 Å². The number of carbonyl (C=O) groups is 2. The number of carboxylic acid groups (broad SMARTS) is 1. The summed E-state index contributed by atoms with van der Waals surface area (Å²) in [6.07, 6.45) is 0. The lowest BCUT2D eigenvalue weighted by atomic mass is 9.99. The number of nitrogens with zero attached hydrogens (tertiary/aromatic N) is 1. The van der Waals surface area contributed by atoms with Crippen molar-refractivity contribution >= 4 is 17.6 Å². The second-order valence-corrected chi connectivity index (χ2v) is 5.53. The number of rotatable bonds is 4. The second kappa shape index (κ2) is 6.05. The van der Waals surface area contributed by atoms with E-state index in [1.807, 2.05) is 43.0 Å². The average Bonchev–Trinajstić information content (AvgIpc) is 2.73. The van der Waals surface area contributed by atoms with Gasteiger partial charge in [-0.1, -0.05) is 24.6 Å². The van der Waals surface area contributed by atoms with Crippen molar-refractivity contribution < 1.29 is 14.7 Å². The maximum atomic E-state index is 11.9. The Kier molecular flexibility index (Phi) is 4.39. The number of anilines is 1. The van der Waals surface area contributed by atoms with Crippen molar-refractivity contribution in [1.82, 2.24) is 4.90 Å². The van der Waals surface area contributed by atoms with Gasteiger partial charge in [0.05, 0.1) is 12.5 Å². The summed E-state index contributed by atoms with van der Waals surface area (Å²) in [5.74, 6) is -1.17. The first-order valence-electron chi connectivity index (χ1n) is 6.77. The van der Waals surface area contributed by atoms with E-state index in [0.29, 0.717) is 13.1 Å². The Labute approximate surface area is 118 Å². The van der Waals surface area contributed by atoms with Crippen LogP contribution < -0.4 is 5.32 Å². The Balaban J connectivity index is 1.86. The number of nitrogens with one attached hydrogen (secondary N) is 1. The van der Waals surface area contributed by atoms with Crippen molar-refractivity contribution in [1.29, 1.82) is 0 Å². The zero-order valence-corrected chi connectivity index (χ0v) is 11.8. The summed E-state index contributed by atoms with van der Waals surface area (Å²) >= 11 is 0. The van der Waals surface area contributed by atoms with Gasteiger partial charge in [-0.25, -0.2) is 0 Å². The first kappa shape index (κ1) is 14.5. The Morgan fingerprint density at radius 3 is 2.50 bits per heavy atom. The van der Waals surface area contributed by atoms with Crippen LogP contribution in [0.4, 0.5) is 5.69 Å². The van der Waals surface area contributed by atoms with Gasteiger partial charge >= 0.3 is 5.97 Å².